The van der Waals surface area contributed by atoms with Gasteiger partial charge in [0.1, 0.15) is 22.8 Å². The Balaban J connectivity index is 2.27. The fourth-order valence-corrected chi connectivity index (χ4v) is 2.74. The summed E-state index contributed by atoms with van der Waals surface area (Å²) in [7, 11) is 3.24. The van der Waals surface area contributed by atoms with Crippen molar-refractivity contribution in [3.8, 4) is 11.5 Å². The van der Waals surface area contributed by atoms with Gasteiger partial charge in [0, 0.05) is 19.2 Å². The molecule has 0 radical (unpaired) electrons. The number of aromatic nitrogens is 2. The summed E-state index contributed by atoms with van der Waals surface area (Å²) in [4.78, 5) is 10.9. The molecule has 1 fully saturated rings. The highest BCUT2D eigenvalue weighted by atomic mass is 35.5. The summed E-state index contributed by atoms with van der Waals surface area (Å²) in [6, 6.07) is 3.74. The van der Waals surface area contributed by atoms with Crippen LogP contribution in [0.4, 0.5) is 5.82 Å². The van der Waals surface area contributed by atoms with Gasteiger partial charge in [-0.25, -0.2) is 4.98 Å². The molecule has 2 aromatic rings. The first-order valence-electron chi connectivity index (χ1n) is 6.57. The zero-order valence-corrected chi connectivity index (χ0v) is 12.3. The molecular weight excluding hydrogens is 278 g/mol. The van der Waals surface area contributed by atoms with E-state index in [9.17, 15) is 0 Å². The van der Waals surface area contributed by atoms with E-state index in [1.807, 2.05) is 6.07 Å². The van der Waals surface area contributed by atoms with Crippen molar-refractivity contribution < 1.29 is 9.47 Å². The van der Waals surface area contributed by atoms with Gasteiger partial charge in [-0.15, -0.1) is 0 Å². The first-order valence-corrected chi connectivity index (χ1v) is 6.95. The maximum absolute atomic E-state index is 6.07. The van der Waals surface area contributed by atoms with Crippen LogP contribution in [0.2, 0.25) is 5.28 Å². The summed E-state index contributed by atoms with van der Waals surface area (Å²) in [6.45, 7) is 1.98. The average Bonchev–Trinajstić information content (AvgIpc) is 2.99. The van der Waals surface area contributed by atoms with Crippen molar-refractivity contribution in [1.82, 2.24) is 9.97 Å². The predicted molar refractivity (Wildman–Crippen MR) is 79.1 cm³/mol. The lowest BCUT2D eigenvalue weighted by Gasteiger charge is -2.19. The van der Waals surface area contributed by atoms with Crippen LogP contribution in [0.15, 0.2) is 12.1 Å². The summed E-state index contributed by atoms with van der Waals surface area (Å²) >= 11 is 6.07. The minimum atomic E-state index is 0.239. The van der Waals surface area contributed by atoms with Gasteiger partial charge in [-0.2, -0.15) is 4.98 Å². The Morgan fingerprint density at radius 1 is 1.10 bits per heavy atom. The SMILES string of the molecule is COc1cc(OC)c2nc(Cl)nc(N3CCCC3)c2c1. The van der Waals surface area contributed by atoms with E-state index in [2.05, 4.69) is 14.9 Å². The van der Waals surface area contributed by atoms with Gasteiger partial charge >= 0.3 is 0 Å². The Morgan fingerprint density at radius 3 is 2.50 bits per heavy atom. The van der Waals surface area contributed by atoms with Crippen molar-refractivity contribution >= 4 is 28.3 Å². The number of hydrogen-bond donors (Lipinski definition) is 0. The van der Waals surface area contributed by atoms with E-state index in [1.165, 1.54) is 12.8 Å². The van der Waals surface area contributed by atoms with Crippen molar-refractivity contribution in [1.29, 1.82) is 0 Å². The average molecular weight is 294 g/mol. The molecule has 106 valence electrons. The molecule has 20 heavy (non-hydrogen) atoms. The summed E-state index contributed by atoms with van der Waals surface area (Å²) in [6.07, 6.45) is 2.34. The zero-order chi connectivity index (χ0) is 14.1. The number of benzene rings is 1. The normalized spacial score (nSPS) is 14.8. The fourth-order valence-electron chi connectivity index (χ4n) is 2.58. The van der Waals surface area contributed by atoms with Crippen LogP contribution in [0.5, 0.6) is 11.5 Å². The third-order valence-corrected chi connectivity index (χ3v) is 3.72. The minimum absolute atomic E-state index is 0.239. The maximum atomic E-state index is 6.07. The van der Waals surface area contributed by atoms with Gasteiger partial charge in [-0.3, -0.25) is 0 Å². The van der Waals surface area contributed by atoms with Crippen LogP contribution >= 0.6 is 11.6 Å². The Kier molecular flexibility index (Phi) is 3.53. The second-order valence-corrected chi connectivity index (χ2v) is 5.07. The summed E-state index contributed by atoms with van der Waals surface area (Å²) in [5.74, 6) is 2.22. The van der Waals surface area contributed by atoms with Crippen LogP contribution in [-0.4, -0.2) is 37.3 Å². The molecule has 1 aliphatic heterocycles. The predicted octanol–water partition coefficient (Wildman–Crippen LogP) is 2.90. The van der Waals surface area contributed by atoms with E-state index in [0.717, 1.165) is 35.6 Å². The Hall–Kier alpha value is -1.75. The zero-order valence-electron chi connectivity index (χ0n) is 11.5. The lowest BCUT2D eigenvalue weighted by molar-refractivity contribution is 0.397. The van der Waals surface area contributed by atoms with E-state index in [0.29, 0.717) is 5.75 Å². The summed E-state index contributed by atoms with van der Waals surface area (Å²) in [5, 5.41) is 1.15. The van der Waals surface area contributed by atoms with Crippen LogP contribution < -0.4 is 14.4 Å². The quantitative estimate of drug-likeness (QED) is 0.814. The second-order valence-electron chi connectivity index (χ2n) is 4.74. The van der Waals surface area contributed by atoms with E-state index < -0.39 is 0 Å². The molecule has 0 aliphatic carbocycles. The van der Waals surface area contributed by atoms with Gasteiger partial charge in [-0.1, -0.05) is 0 Å². The molecule has 1 aromatic carbocycles. The van der Waals surface area contributed by atoms with Crippen molar-refractivity contribution in [3.63, 3.8) is 0 Å². The molecule has 0 saturated carbocycles. The molecule has 0 unspecified atom stereocenters. The summed E-state index contributed by atoms with van der Waals surface area (Å²) < 4.78 is 10.7. The van der Waals surface area contributed by atoms with Gasteiger partial charge in [0.15, 0.2) is 0 Å². The lowest BCUT2D eigenvalue weighted by atomic mass is 10.2. The van der Waals surface area contributed by atoms with Gasteiger partial charge < -0.3 is 14.4 Å². The van der Waals surface area contributed by atoms with Gasteiger partial charge in [0.25, 0.3) is 0 Å². The molecule has 1 aromatic heterocycles. The van der Waals surface area contributed by atoms with Crippen molar-refractivity contribution in [2.75, 3.05) is 32.2 Å². The third kappa shape index (κ3) is 2.22. The minimum Gasteiger partial charge on any atom is -0.497 e. The summed E-state index contributed by atoms with van der Waals surface area (Å²) in [5.41, 5.74) is 0.718. The first kappa shape index (κ1) is 13.2. The first-order chi connectivity index (χ1) is 9.72. The molecular formula is C14H16ClN3O2. The topological polar surface area (TPSA) is 47.5 Å². The van der Waals surface area contributed by atoms with Crippen LogP contribution in [0.3, 0.4) is 0 Å². The fraction of sp³-hybridized carbons (Fsp3) is 0.429. The van der Waals surface area contributed by atoms with E-state index in [1.54, 1.807) is 20.3 Å². The maximum Gasteiger partial charge on any atom is 0.225 e. The number of anilines is 1. The highest BCUT2D eigenvalue weighted by Crippen LogP contribution is 2.36. The molecule has 6 heteroatoms. The van der Waals surface area contributed by atoms with Gasteiger partial charge in [0.05, 0.1) is 19.6 Å². The Bertz CT molecular complexity index is 642. The molecule has 0 N–H and O–H groups in total. The number of ether oxygens (including phenoxy) is 2. The molecule has 0 atom stereocenters. The molecule has 3 rings (SSSR count). The third-order valence-electron chi connectivity index (χ3n) is 3.55. The highest BCUT2D eigenvalue weighted by Gasteiger charge is 2.20. The van der Waals surface area contributed by atoms with Crippen LogP contribution in [0.1, 0.15) is 12.8 Å². The highest BCUT2D eigenvalue weighted by molar-refractivity contribution is 6.29. The number of rotatable bonds is 3. The Labute approximate surface area is 122 Å². The molecule has 0 bridgehead atoms. The van der Waals surface area contributed by atoms with Gasteiger partial charge in [-0.05, 0) is 30.5 Å². The van der Waals surface area contributed by atoms with Crippen molar-refractivity contribution in [2.45, 2.75) is 12.8 Å². The molecule has 1 saturated heterocycles. The molecule has 1 aliphatic rings. The van der Waals surface area contributed by atoms with Crippen molar-refractivity contribution in [2.24, 2.45) is 0 Å². The van der Waals surface area contributed by atoms with E-state index >= 15 is 0 Å². The van der Waals surface area contributed by atoms with E-state index in [-0.39, 0.29) is 5.28 Å². The lowest BCUT2D eigenvalue weighted by Crippen LogP contribution is -2.19. The number of nitrogens with zero attached hydrogens (tertiary/aromatic N) is 3. The number of methoxy groups -OCH3 is 2. The van der Waals surface area contributed by atoms with Crippen molar-refractivity contribution in [3.05, 3.63) is 17.4 Å². The number of fused-ring (bicyclic) bond motifs is 1. The second kappa shape index (κ2) is 5.32. The van der Waals surface area contributed by atoms with E-state index in [4.69, 9.17) is 21.1 Å². The van der Waals surface area contributed by atoms with Gasteiger partial charge in [0.2, 0.25) is 5.28 Å². The standard InChI is InChI=1S/C14H16ClN3O2/c1-19-9-7-10-12(11(8-9)20-2)16-14(15)17-13(10)18-5-3-4-6-18/h7-8H,3-6H2,1-2H3. The van der Waals surface area contributed by atoms with Crippen LogP contribution in [0.25, 0.3) is 10.9 Å². The number of halogens is 1. The Morgan fingerprint density at radius 2 is 1.85 bits per heavy atom. The number of hydrogen-bond acceptors (Lipinski definition) is 5. The molecule has 0 amide bonds. The monoisotopic (exact) mass is 293 g/mol. The molecule has 2 heterocycles. The smallest absolute Gasteiger partial charge is 0.225 e. The molecule has 0 spiro atoms. The van der Waals surface area contributed by atoms with Crippen LogP contribution in [-0.2, 0) is 0 Å². The van der Waals surface area contributed by atoms with Crippen LogP contribution in [0, 0.1) is 0 Å². The largest absolute Gasteiger partial charge is 0.497 e. The molecule has 5 nitrogen and oxygen atoms in total.